The number of rotatable bonds is 6. The Morgan fingerprint density at radius 2 is 2.19 bits per heavy atom. The number of anilines is 1. The van der Waals surface area contributed by atoms with Crippen LogP contribution in [0.3, 0.4) is 0 Å². The molecule has 1 atom stereocenters. The molecule has 0 aromatic heterocycles. The fraction of sp³-hybridized carbons (Fsp3) is 0.562. The number of carbonyl (C=O) groups excluding carboxylic acids is 1. The van der Waals surface area contributed by atoms with Crippen molar-refractivity contribution < 1.29 is 14.8 Å². The van der Waals surface area contributed by atoms with Crippen LogP contribution in [-0.2, 0) is 4.79 Å². The van der Waals surface area contributed by atoms with Crippen molar-refractivity contribution in [2.75, 3.05) is 12.4 Å². The van der Waals surface area contributed by atoms with E-state index in [4.69, 9.17) is 16.3 Å². The van der Waals surface area contributed by atoms with Crippen molar-refractivity contribution in [3.8, 4) is 5.75 Å². The average Bonchev–Trinajstić information content (AvgIpc) is 2.93. The van der Waals surface area contributed by atoms with E-state index in [0.717, 1.165) is 0 Å². The molecule has 0 heterocycles. The maximum atomic E-state index is 12.1. The van der Waals surface area contributed by atoms with Gasteiger partial charge in [0.25, 0.3) is 0 Å². The Labute approximate surface area is 131 Å². The number of nitrogens with two attached hydrogens (primary N) is 1. The van der Waals surface area contributed by atoms with Crippen LogP contribution in [0.15, 0.2) is 18.2 Å². The highest BCUT2D eigenvalue weighted by Gasteiger charge is 2.22. The van der Waals surface area contributed by atoms with Crippen molar-refractivity contribution >= 4 is 23.2 Å². The molecule has 0 radical (unpaired) electrons. The Bertz CT molecular complexity index is 487. The summed E-state index contributed by atoms with van der Waals surface area (Å²) in [5, 5.41) is 5.83. The number of quaternary nitrogens is 1. The molecule has 0 bridgehead atoms. The Balaban J connectivity index is 1.86. The van der Waals surface area contributed by atoms with Crippen LogP contribution in [-0.4, -0.2) is 25.1 Å². The molecule has 1 aromatic rings. The molecule has 1 saturated carbocycles. The van der Waals surface area contributed by atoms with E-state index in [2.05, 4.69) is 17.6 Å². The molecule has 1 aliphatic carbocycles. The summed E-state index contributed by atoms with van der Waals surface area (Å²) in [6.45, 7) is 2.11. The van der Waals surface area contributed by atoms with Gasteiger partial charge in [-0.1, -0.05) is 11.6 Å². The lowest BCUT2D eigenvalue weighted by molar-refractivity contribution is -0.716. The number of carbonyl (C=O) groups is 1. The van der Waals surface area contributed by atoms with Gasteiger partial charge >= 0.3 is 0 Å². The van der Waals surface area contributed by atoms with Crippen LogP contribution in [0, 0.1) is 0 Å². The number of hydrogen-bond acceptors (Lipinski definition) is 2. The van der Waals surface area contributed by atoms with Gasteiger partial charge in [-0.25, -0.2) is 0 Å². The first-order valence-electron chi connectivity index (χ1n) is 7.57. The normalized spacial score (nSPS) is 16.7. The van der Waals surface area contributed by atoms with Gasteiger partial charge in [0, 0.05) is 11.1 Å². The molecule has 1 aliphatic rings. The zero-order chi connectivity index (χ0) is 15.2. The molecule has 21 heavy (non-hydrogen) atoms. The molecule has 5 heteroatoms. The minimum atomic E-state index is 0.0115. The van der Waals surface area contributed by atoms with Gasteiger partial charge in [0.1, 0.15) is 5.75 Å². The molecule has 4 nitrogen and oxygen atoms in total. The Hall–Kier alpha value is -1.26. The molecule has 2 rings (SSSR count). The van der Waals surface area contributed by atoms with Crippen molar-refractivity contribution in [1.82, 2.24) is 0 Å². The number of ether oxygens (including phenoxy) is 1. The van der Waals surface area contributed by atoms with Crippen molar-refractivity contribution in [2.24, 2.45) is 0 Å². The van der Waals surface area contributed by atoms with Crippen LogP contribution in [0.25, 0.3) is 0 Å². The second-order valence-electron chi connectivity index (χ2n) is 5.81. The highest BCUT2D eigenvalue weighted by atomic mass is 35.5. The summed E-state index contributed by atoms with van der Waals surface area (Å²) in [5.41, 5.74) is 0.667. The fourth-order valence-corrected chi connectivity index (χ4v) is 3.11. The van der Waals surface area contributed by atoms with E-state index in [-0.39, 0.29) is 5.91 Å². The van der Waals surface area contributed by atoms with Crippen LogP contribution in [0.4, 0.5) is 5.69 Å². The van der Waals surface area contributed by atoms with E-state index < -0.39 is 0 Å². The first-order chi connectivity index (χ1) is 10.1. The summed E-state index contributed by atoms with van der Waals surface area (Å²) in [7, 11) is 1.57. The number of amides is 1. The summed E-state index contributed by atoms with van der Waals surface area (Å²) >= 11 is 5.91. The summed E-state index contributed by atoms with van der Waals surface area (Å²) in [6.07, 6.45) is 5.69. The Morgan fingerprint density at radius 3 is 2.86 bits per heavy atom. The van der Waals surface area contributed by atoms with E-state index in [1.54, 1.807) is 25.3 Å². The largest absolute Gasteiger partial charge is 0.495 e. The third kappa shape index (κ3) is 4.90. The maximum Gasteiger partial charge on any atom is 0.230 e. The van der Waals surface area contributed by atoms with Gasteiger partial charge in [-0.05, 0) is 44.7 Å². The SMILES string of the molecule is COc1cc(Cl)ccc1NC(=O)C[C@H](C)[NH2+]C1CCCC1. The second-order valence-corrected chi connectivity index (χ2v) is 6.25. The topological polar surface area (TPSA) is 54.9 Å². The van der Waals surface area contributed by atoms with E-state index in [1.807, 2.05) is 0 Å². The van der Waals surface area contributed by atoms with E-state index >= 15 is 0 Å². The van der Waals surface area contributed by atoms with Crippen molar-refractivity contribution in [3.05, 3.63) is 23.2 Å². The number of nitrogens with one attached hydrogen (secondary N) is 1. The molecule has 0 spiro atoms. The van der Waals surface area contributed by atoms with Gasteiger partial charge in [0.2, 0.25) is 5.91 Å². The van der Waals surface area contributed by atoms with Gasteiger partial charge in [0.05, 0.1) is 31.3 Å². The minimum Gasteiger partial charge on any atom is -0.495 e. The summed E-state index contributed by atoms with van der Waals surface area (Å²) in [6, 6.07) is 6.20. The van der Waals surface area contributed by atoms with Crippen LogP contribution in [0.1, 0.15) is 39.0 Å². The predicted molar refractivity (Wildman–Crippen MR) is 84.9 cm³/mol. The molecule has 1 aromatic carbocycles. The van der Waals surface area contributed by atoms with Crippen LogP contribution in [0.2, 0.25) is 5.02 Å². The third-order valence-electron chi connectivity index (χ3n) is 3.95. The monoisotopic (exact) mass is 311 g/mol. The van der Waals surface area contributed by atoms with Crippen LogP contribution < -0.4 is 15.4 Å². The van der Waals surface area contributed by atoms with E-state index in [1.165, 1.54) is 25.7 Å². The lowest BCUT2D eigenvalue weighted by atomic mass is 10.1. The second kappa shape index (κ2) is 7.66. The highest BCUT2D eigenvalue weighted by molar-refractivity contribution is 6.30. The van der Waals surface area contributed by atoms with Crippen LogP contribution >= 0.6 is 11.6 Å². The quantitative estimate of drug-likeness (QED) is 0.848. The summed E-state index contributed by atoms with van der Waals surface area (Å²) in [4.78, 5) is 12.1. The van der Waals surface area contributed by atoms with Crippen molar-refractivity contribution in [3.63, 3.8) is 0 Å². The Kier molecular flexibility index (Phi) is 5.88. The maximum absolute atomic E-state index is 12.1. The highest BCUT2D eigenvalue weighted by Crippen LogP contribution is 2.27. The third-order valence-corrected chi connectivity index (χ3v) is 4.18. The standard InChI is InChI=1S/C16H23ClN2O2/c1-11(18-13-5-3-4-6-13)9-16(20)19-14-8-7-12(17)10-15(14)21-2/h7-8,10-11,13,18H,3-6,9H2,1-2H3,(H,19,20)/p+1/t11-/m0/s1. The number of halogens is 1. The summed E-state index contributed by atoms with van der Waals surface area (Å²) in [5.74, 6) is 0.598. The van der Waals surface area contributed by atoms with E-state index in [0.29, 0.717) is 35.0 Å². The summed E-state index contributed by atoms with van der Waals surface area (Å²) < 4.78 is 5.23. The Morgan fingerprint density at radius 1 is 1.48 bits per heavy atom. The molecule has 1 fully saturated rings. The molecule has 1 amide bonds. The average molecular weight is 312 g/mol. The predicted octanol–water partition coefficient (Wildman–Crippen LogP) is 2.57. The molecular formula is C16H24ClN2O2+. The minimum absolute atomic E-state index is 0.0115. The zero-order valence-corrected chi connectivity index (χ0v) is 13.5. The van der Waals surface area contributed by atoms with Gasteiger partial charge in [-0.2, -0.15) is 0 Å². The van der Waals surface area contributed by atoms with Crippen molar-refractivity contribution in [1.29, 1.82) is 0 Å². The molecule has 0 unspecified atom stereocenters. The molecule has 0 saturated heterocycles. The zero-order valence-electron chi connectivity index (χ0n) is 12.7. The molecule has 3 N–H and O–H groups in total. The molecular weight excluding hydrogens is 288 g/mol. The molecule has 0 aliphatic heterocycles. The van der Waals surface area contributed by atoms with Gasteiger partial charge < -0.3 is 15.4 Å². The van der Waals surface area contributed by atoms with Gasteiger partial charge in [-0.15, -0.1) is 0 Å². The fourth-order valence-electron chi connectivity index (χ4n) is 2.94. The first-order valence-corrected chi connectivity index (χ1v) is 7.94. The first kappa shape index (κ1) is 16.1. The van der Waals surface area contributed by atoms with Gasteiger partial charge in [-0.3, -0.25) is 4.79 Å². The number of benzene rings is 1. The van der Waals surface area contributed by atoms with E-state index in [9.17, 15) is 4.79 Å². The number of methoxy groups -OCH3 is 1. The lowest BCUT2D eigenvalue weighted by Crippen LogP contribution is -2.94. The lowest BCUT2D eigenvalue weighted by Gasteiger charge is -2.16. The number of hydrogen-bond donors (Lipinski definition) is 2. The van der Waals surface area contributed by atoms with Crippen molar-refractivity contribution in [2.45, 2.75) is 51.1 Å². The molecule has 116 valence electrons. The van der Waals surface area contributed by atoms with Gasteiger partial charge in [0.15, 0.2) is 0 Å². The smallest absolute Gasteiger partial charge is 0.230 e. The van der Waals surface area contributed by atoms with Crippen LogP contribution in [0.5, 0.6) is 5.75 Å².